The third-order valence-corrected chi connectivity index (χ3v) is 1.13. The molecule has 1 atom stereocenters. The Morgan fingerprint density at radius 2 is 2.14 bits per heavy atom. The van der Waals surface area contributed by atoms with E-state index in [0.29, 0.717) is 5.94 Å². The Labute approximate surface area is 46.3 Å². The van der Waals surface area contributed by atoms with Gasteiger partial charge in [-0.2, -0.15) is 0 Å². The van der Waals surface area contributed by atoms with Gasteiger partial charge < -0.3 is 0 Å². The van der Waals surface area contributed by atoms with Crippen LogP contribution in [-0.4, -0.2) is 32.9 Å². The van der Waals surface area contributed by atoms with Gasteiger partial charge in [0, 0.05) is 7.05 Å². The van der Waals surface area contributed by atoms with E-state index in [9.17, 15) is 0 Å². The van der Waals surface area contributed by atoms with E-state index in [2.05, 4.69) is 20.2 Å². The molecule has 0 spiro atoms. The van der Waals surface area contributed by atoms with Gasteiger partial charge in [0.15, 0.2) is 0 Å². The fraction of sp³-hybridized carbons (Fsp3) is 1.00. The first-order valence-electron chi connectivity index (χ1n) is 2.58. The Morgan fingerprint density at radius 3 is 2.14 bits per heavy atom. The lowest BCUT2D eigenvalue weighted by molar-refractivity contribution is 0.248. The summed E-state index contributed by atoms with van der Waals surface area (Å²) in [6.45, 7) is 2.14. The van der Waals surface area contributed by atoms with Crippen molar-refractivity contribution in [2.75, 3.05) is 14.1 Å². The van der Waals surface area contributed by atoms with Crippen LogP contribution >= 0.6 is 0 Å². The van der Waals surface area contributed by atoms with Crippen LogP contribution in [0.5, 0.6) is 0 Å². The zero-order valence-corrected chi connectivity index (χ0v) is 5.52. The molecule has 42 valence electrons. The van der Waals surface area contributed by atoms with Crippen molar-refractivity contribution in [1.29, 1.82) is 0 Å². The average Bonchev–Trinajstić information content (AvgIpc) is 1.65. The molecule has 0 rings (SSSR count). The average molecular weight is 100.0 g/mol. The van der Waals surface area contributed by atoms with Gasteiger partial charge in [-0.3, -0.25) is 10.4 Å². The summed E-state index contributed by atoms with van der Waals surface area (Å²) in [4.78, 5) is 0. The van der Waals surface area contributed by atoms with E-state index in [0.717, 1.165) is 0 Å². The van der Waals surface area contributed by atoms with Gasteiger partial charge >= 0.3 is 0 Å². The minimum absolute atomic E-state index is 0.588. The molecule has 0 aromatic rings. The lowest BCUT2D eigenvalue weighted by atomic mass is 9.99. The molecule has 0 aliphatic carbocycles. The van der Waals surface area contributed by atoms with Crippen LogP contribution in [0.1, 0.15) is 6.92 Å². The molecular formula is C4H13BN2. The second-order valence-electron chi connectivity index (χ2n) is 1.93. The van der Waals surface area contributed by atoms with Gasteiger partial charge in [0.1, 0.15) is 7.85 Å². The Bertz CT molecular complexity index is 47.0. The number of rotatable bonds is 2. The molecule has 0 radical (unpaired) electrons. The van der Waals surface area contributed by atoms with Crippen LogP contribution in [0.3, 0.4) is 0 Å². The van der Waals surface area contributed by atoms with E-state index in [-0.39, 0.29) is 0 Å². The molecule has 0 aromatic carbocycles. The van der Waals surface area contributed by atoms with Gasteiger partial charge in [-0.25, -0.2) is 0 Å². The van der Waals surface area contributed by atoms with E-state index in [1.165, 1.54) is 0 Å². The Kier molecular flexibility index (Phi) is 3.04. The first kappa shape index (κ1) is 6.98. The molecule has 0 aliphatic rings. The quantitative estimate of drug-likeness (QED) is 0.355. The van der Waals surface area contributed by atoms with Crippen molar-refractivity contribution in [2.45, 2.75) is 12.9 Å². The van der Waals surface area contributed by atoms with Crippen molar-refractivity contribution < 1.29 is 0 Å². The number of hydrazine groups is 1. The summed E-state index contributed by atoms with van der Waals surface area (Å²) in [6, 6.07) is 0. The summed E-state index contributed by atoms with van der Waals surface area (Å²) in [7, 11) is 6.07. The van der Waals surface area contributed by atoms with Gasteiger partial charge in [-0.05, 0) is 13.0 Å². The third kappa shape index (κ3) is 2.65. The third-order valence-electron chi connectivity index (χ3n) is 1.13. The maximum atomic E-state index is 3.00. The van der Waals surface area contributed by atoms with Crippen molar-refractivity contribution in [2.24, 2.45) is 0 Å². The summed E-state index contributed by atoms with van der Waals surface area (Å²) in [5.74, 6) is 0.588. The maximum absolute atomic E-state index is 3.00. The minimum atomic E-state index is 0.588. The number of nitrogens with zero attached hydrogens (tertiary/aromatic N) is 1. The fourth-order valence-electron chi connectivity index (χ4n) is 0.258. The molecule has 2 nitrogen and oxygen atoms in total. The molecule has 7 heavy (non-hydrogen) atoms. The normalized spacial score (nSPS) is 14.9. The fourth-order valence-corrected chi connectivity index (χ4v) is 0.258. The molecule has 0 saturated heterocycles. The highest BCUT2D eigenvalue weighted by Crippen LogP contribution is 1.78. The lowest BCUT2D eigenvalue weighted by Gasteiger charge is -2.18. The van der Waals surface area contributed by atoms with Gasteiger partial charge in [0.25, 0.3) is 0 Å². The standard InChI is InChI=1S/C4H13BN2/c1-4(5)7(3)6-2/h4,6H,5H2,1-3H3. The van der Waals surface area contributed by atoms with Gasteiger partial charge in [-0.15, -0.1) is 0 Å². The zero-order chi connectivity index (χ0) is 5.86. The first-order valence-corrected chi connectivity index (χ1v) is 2.58. The molecule has 3 heteroatoms. The molecule has 0 fully saturated rings. The predicted molar refractivity (Wildman–Crippen MR) is 34.8 cm³/mol. The Morgan fingerprint density at radius 1 is 1.71 bits per heavy atom. The van der Waals surface area contributed by atoms with Gasteiger partial charge in [0.05, 0.1) is 0 Å². The van der Waals surface area contributed by atoms with Gasteiger partial charge in [-0.1, -0.05) is 6.92 Å². The van der Waals surface area contributed by atoms with Crippen molar-refractivity contribution in [1.82, 2.24) is 10.4 Å². The minimum Gasteiger partial charge on any atom is -0.259 e. The van der Waals surface area contributed by atoms with Crippen molar-refractivity contribution in [3.05, 3.63) is 0 Å². The molecule has 0 bridgehead atoms. The largest absolute Gasteiger partial charge is 0.259 e. The van der Waals surface area contributed by atoms with Crippen LogP contribution in [0.15, 0.2) is 0 Å². The van der Waals surface area contributed by atoms with E-state index in [4.69, 9.17) is 0 Å². The number of hydrogen-bond donors (Lipinski definition) is 1. The number of hydrogen-bond acceptors (Lipinski definition) is 2. The molecule has 0 amide bonds. The highest BCUT2D eigenvalue weighted by molar-refractivity contribution is 6.11. The highest BCUT2D eigenvalue weighted by Gasteiger charge is 1.95. The van der Waals surface area contributed by atoms with Crippen LogP contribution in [0, 0.1) is 0 Å². The maximum Gasteiger partial charge on any atom is 0.125 e. The van der Waals surface area contributed by atoms with Crippen LogP contribution in [-0.2, 0) is 0 Å². The summed E-state index contributed by atoms with van der Waals surface area (Å²) in [5, 5.41) is 2.04. The van der Waals surface area contributed by atoms with E-state index in [1.54, 1.807) is 0 Å². The van der Waals surface area contributed by atoms with Crippen molar-refractivity contribution in [3.8, 4) is 0 Å². The van der Waals surface area contributed by atoms with Crippen LogP contribution in [0.25, 0.3) is 0 Å². The van der Waals surface area contributed by atoms with Gasteiger partial charge in [0.2, 0.25) is 0 Å². The topological polar surface area (TPSA) is 15.3 Å². The van der Waals surface area contributed by atoms with E-state index in [1.807, 2.05) is 19.1 Å². The van der Waals surface area contributed by atoms with Crippen molar-refractivity contribution >= 4 is 7.85 Å². The molecular weight excluding hydrogens is 86.9 g/mol. The SMILES string of the molecule is BC(C)N(C)NC. The lowest BCUT2D eigenvalue weighted by Crippen LogP contribution is -2.38. The smallest absolute Gasteiger partial charge is 0.125 e. The molecule has 0 heterocycles. The summed E-state index contributed by atoms with van der Waals surface area (Å²) in [5.41, 5.74) is 3.00. The number of nitrogens with one attached hydrogen (secondary N) is 1. The second-order valence-corrected chi connectivity index (χ2v) is 1.93. The van der Waals surface area contributed by atoms with Crippen LogP contribution < -0.4 is 5.43 Å². The van der Waals surface area contributed by atoms with E-state index < -0.39 is 0 Å². The second kappa shape index (κ2) is 3.05. The van der Waals surface area contributed by atoms with E-state index >= 15 is 0 Å². The molecule has 0 aliphatic heterocycles. The monoisotopic (exact) mass is 100 g/mol. The Balaban J connectivity index is 3.14. The summed E-state index contributed by atoms with van der Waals surface area (Å²) < 4.78 is 0. The zero-order valence-electron chi connectivity index (χ0n) is 5.52. The predicted octanol–water partition coefficient (Wildman–Crippen LogP) is -0.968. The highest BCUT2D eigenvalue weighted by atomic mass is 15.5. The van der Waals surface area contributed by atoms with Crippen LogP contribution in [0.4, 0.5) is 0 Å². The van der Waals surface area contributed by atoms with Crippen LogP contribution in [0.2, 0.25) is 0 Å². The molecule has 0 saturated carbocycles. The summed E-state index contributed by atoms with van der Waals surface area (Å²) >= 11 is 0. The molecule has 0 aromatic heterocycles. The summed E-state index contributed by atoms with van der Waals surface area (Å²) in [6.07, 6.45) is 0. The molecule has 1 N–H and O–H groups in total. The van der Waals surface area contributed by atoms with Crippen molar-refractivity contribution in [3.63, 3.8) is 0 Å². The Hall–Kier alpha value is -0.0151. The molecule has 1 unspecified atom stereocenters. The first-order chi connectivity index (χ1) is 3.18.